The molecule has 0 aliphatic carbocycles. The number of benzene rings is 1. The number of hydrogen-bond donors (Lipinski definition) is 1. The Morgan fingerprint density at radius 1 is 1.50 bits per heavy atom. The number of nitrogens with one attached hydrogen (secondary N) is 1. The monoisotopic (exact) mass is 244 g/mol. The zero-order valence-corrected chi connectivity index (χ0v) is 10.3. The van der Waals surface area contributed by atoms with Crippen LogP contribution in [0.3, 0.4) is 0 Å². The molecule has 1 aromatic heterocycles. The number of hydrogen-bond acceptors (Lipinski definition) is 2. The normalized spacial score (nSPS) is 10.3. The quantitative estimate of drug-likeness (QED) is 0.817. The summed E-state index contributed by atoms with van der Waals surface area (Å²) in [5, 5.41) is 3.82. The van der Waals surface area contributed by atoms with Crippen molar-refractivity contribution in [1.82, 2.24) is 9.88 Å². The van der Waals surface area contributed by atoms with Crippen LogP contribution in [-0.4, -0.2) is 24.1 Å². The van der Waals surface area contributed by atoms with Gasteiger partial charge in [-0.1, -0.05) is 6.08 Å². The number of carbonyl (C=O) groups is 1. The van der Waals surface area contributed by atoms with Gasteiger partial charge in [-0.3, -0.25) is 4.79 Å². The molecule has 1 aromatic carbocycles. The summed E-state index contributed by atoms with van der Waals surface area (Å²) in [7, 11) is 1.64. The Kier molecular flexibility index (Phi) is 3.67. The molecular formula is C14H16N2O2. The van der Waals surface area contributed by atoms with Gasteiger partial charge >= 0.3 is 0 Å². The SMILES string of the molecule is C=CCNC(=O)Cn1ccc2cc(OC)ccc21. The largest absolute Gasteiger partial charge is 0.497 e. The summed E-state index contributed by atoms with van der Waals surface area (Å²) in [6.07, 6.45) is 3.56. The standard InChI is InChI=1S/C14H16N2O2/c1-3-7-15-14(17)10-16-8-6-11-9-12(18-2)4-5-13(11)16/h3-6,8-9H,1,7,10H2,2H3,(H,15,17). The van der Waals surface area contributed by atoms with Crippen molar-refractivity contribution < 1.29 is 9.53 Å². The molecule has 0 aliphatic heterocycles. The van der Waals surface area contributed by atoms with Crippen molar-refractivity contribution in [2.45, 2.75) is 6.54 Å². The number of carbonyl (C=O) groups excluding carboxylic acids is 1. The Bertz CT molecular complexity index is 572. The molecule has 0 bridgehead atoms. The summed E-state index contributed by atoms with van der Waals surface area (Å²) >= 11 is 0. The lowest BCUT2D eigenvalue weighted by atomic mass is 10.2. The molecule has 2 aromatic rings. The molecule has 1 N–H and O–H groups in total. The van der Waals surface area contributed by atoms with Gasteiger partial charge in [0.2, 0.25) is 5.91 Å². The Balaban J connectivity index is 2.19. The first-order chi connectivity index (χ1) is 8.74. The van der Waals surface area contributed by atoms with E-state index in [1.165, 1.54) is 0 Å². The summed E-state index contributed by atoms with van der Waals surface area (Å²) in [6, 6.07) is 7.77. The molecule has 0 spiro atoms. The predicted octanol–water partition coefficient (Wildman–Crippen LogP) is 1.95. The van der Waals surface area contributed by atoms with Crippen LogP contribution >= 0.6 is 0 Å². The first-order valence-corrected chi connectivity index (χ1v) is 5.75. The second-order valence-electron chi connectivity index (χ2n) is 3.96. The lowest BCUT2D eigenvalue weighted by Gasteiger charge is -2.06. The van der Waals surface area contributed by atoms with E-state index in [9.17, 15) is 4.79 Å². The van der Waals surface area contributed by atoms with E-state index in [0.29, 0.717) is 13.1 Å². The van der Waals surface area contributed by atoms with Gasteiger partial charge in [0.1, 0.15) is 12.3 Å². The lowest BCUT2D eigenvalue weighted by molar-refractivity contribution is -0.121. The highest BCUT2D eigenvalue weighted by molar-refractivity contribution is 5.84. The number of rotatable bonds is 5. The Morgan fingerprint density at radius 2 is 2.33 bits per heavy atom. The van der Waals surface area contributed by atoms with Gasteiger partial charge in [0, 0.05) is 23.6 Å². The molecule has 1 heterocycles. The van der Waals surface area contributed by atoms with Gasteiger partial charge in [-0.15, -0.1) is 6.58 Å². The summed E-state index contributed by atoms with van der Waals surface area (Å²) < 4.78 is 7.08. The second kappa shape index (κ2) is 5.40. The minimum Gasteiger partial charge on any atom is -0.497 e. The van der Waals surface area contributed by atoms with Crippen LogP contribution in [0.5, 0.6) is 5.75 Å². The minimum absolute atomic E-state index is 0.0248. The number of fused-ring (bicyclic) bond motifs is 1. The Morgan fingerprint density at radius 3 is 3.06 bits per heavy atom. The van der Waals surface area contributed by atoms with Crippen LogP contribution < -0.4 is 10.1 Å². The third-order valence-corrected chi connectivity index (χ3v) is 2.74. The lowest BCUT2D eigenvalue weighted by Crippen LogP contribution is -2.27. The van der Waals surface area contributed by atoms with E-state index in [2.05, 4.69) is 11.9 Å². The van der Waals surface area contributed by atoms with Crippen molar-refractivity contribution in [3.63, 3.8) is 0 Å². The number of methoxy groups -OCH3 is 1. The minimum atomic E-state index is -0.0248. The number of nitrogens with zero attached hydrogens (tertiary/aromatic N) is 1. The van der Waals surface area contributed by atoms with E-state index in [-0.39, 0.29) is 5.91 Å². The third-order valence-electron chi connectivity index (χ3n) is 2.74. The maximum absolute atomic E-state index is 11.6. The highest BCUT2D eigenvalue weighted by atomic mass is 16.5. The number of amides is 1. The van der Waals surface area contributed by atoms with Gasteiger partial charge in [-0.05, 0) is 24.3 Å². The van der Waals surface area contributed by atoms with Crippen LogP contribution in [-0.2, 0) is 11.3 Å². The Labute approximate surface area is 106 Å². The molecule has 4 nitrogen and oxygen atoms in total. The highest BCUT2D eigenvalue weighted by Crippen LogP contribution is 2.21. The van der Waals surface area contributed by atoms with E-state index >= 15 is 0 Å². The average Bonchev–Trinajstić information content (AvgIpc) is 2.78. The van der Waals surface area contributed by atoms with Crippen LogP contribution in [0.4, 0.5) is 0 Å². The third kappa shape index (κ3) is 2.53. The van der Waals surface area contributed by atoms with E-state index < -0.39 is 0 Å². The average molecular weight is 244 g/mol. The van der Waals surface area contributed by atoms with Crippen molar-refractivity contribution in [1.29, 1.82) is 0 Å². The molecule has 0 radical (unpaired) electrons. The van der Waals surface area contributed by atoms with Crippen LogP contribution in [0.1, 0.15) is 0 Å². The van der Waals surface area contributed by atoms with Gasteiger partial charge in [0.15, 0.2) is 0 Å². The molecule has 0 saturated heterocycles. The fraction of sp³-hybridized carbons (Fsp3) is 0.214. The van der Waals surface area contributed by atoms with Crippen LogP contribution in [0.2, 0.25) is 0 Å². The fourth-order valence-corrected chi connectivity index (χ4v) is 1.84. The molecular weight excluding hydrogens is 228 g/mol. The van der Waals surface area contributed by atoms with E-state index in [4.69, 9.17) is 4.74 Å². The van der Waals surface area contributed by atoms with Gasteiger partial charge < -0.3 is 14.6 Å². The van der Waals surface area contributed by atoms with Crippen molar-refractivity contribution >= 4 is 16.8 Å². The zero-order chi connectivity index (χ0) is 13.0. The van der Waals surface area contributed by atoms with Crippen molar-refractivity contribution in [3.05, 3.63) is 43.1 Å². The maximum Gasteiger partial charge on any atom is 0.240 e. The van der Waals surface area contributed by atoms with Crippen molar-refractivity contribution in [2.24, 2.45) is 0 Å². The number of aromatic nitrogens is 1. The molecule has 4 heteroatoms. The molecule has 0 unspecified atom stereocenters. The molecule has 1 amide bonds. The summed E-state index contributed by atoms with van der Waals surface area (Å²) in [5.41, 5.74) is 1.02. The fourth-order valence-electron chi connectivity index (χ4n) is 1.84. The Hall–Kier alpha value is -2.23. The molecule has 2 rings (SSSR count). The molecule has 0 saturated carbocycles. The van der Waals surface area contributed by atoms with Crippen LogP contribution in [0, 0.1) is 0 Å². The van der Waals surface area contributed by atoms with Crippen LogP contribution in [0.15, 0.2) is 43.1 Å². The molecule has 94 valence electrons. The topological polar surface area (TPSA) is 43.3 Å². The predicted molar refractivity (Wildman–Crippen MR) is 71.7 cm³/mol. The van der Waals surface area contributed by atoms with E-state index in [1.54, 1.807) is 13.2 Å². The van der Waals surface area contributed by atoms with Gasteiger partial charge in [-0.25, -0.2) is 0 Å². The molecule has 0 atom stereocenters. The second-order valence-corrected chi connectivity index (χ2v) is 3.96. The zero-order valence-electron chi connectivity index (χ0n) is 10.3. The summed E-state index contributed by atoms with van der Waals surface area (Å²) in [6.45, 7) is 4.36. The van der Waals surface area contributed by atoms with E-state index in [0.717, 1.165) is 16.7 Å². The first-order valence-electron chi connectivity index (χ1n) is 5.75. The maximum atomic E-state index is 11.6. The molecule has 18 heavy (non-hydrogen) atoms. The molecule has 0 fully saturated rings. The van der Waals surface area contributed by atoms with E-state index in [1.807, 2.05) is 35.0 Å². The summed E-state index contributed by atoms with van der Waals surface area (Å²) in [5.74, 6) is 0.791. The molecule has 0 aliphatic rings. The van der Waals surface area contributed by atoms with Gasteiger partial charge in [0.05, 0.1) is 7.11 Å². The highest BCUT2D eigenvalue weighted by Gasteiger charge is 2.06. The van der Waals surface area contributed by atoms with Crippen molar-refractivity contribution in [2.75, 3.05) is 13.7 Å². The first kappa shape index (κ1) is 12.2. The van der Waals surface area contributed by atoms with Gasteiger partial charge in [-0.2, -0.15) is 0 Å². The number of ether oxygens (including phenoxy) is 1. The van der Waals surface area contributed by atoms with Crippen molar-refractivity contribution in [3.8, 4) is 5.75 Å². The summed E-state index contributed by atoms with van der Waals surface area (Å²) in [4.78, 5) is 11.6. The van der Waals surface area contributed by atoms with Gasteiger partial charge in [0.25, 0.3) is 0 Å². The smallest absolute Gasteiger partial charge is 0.240 e. The van der Waals surface area contributed by atoms with Crippen LogP contribution in [0.25, 0.3) is 10.9 Å².